The van der Waals surface area contributed by atoms with Crippen molar-refractivity contribution in [2.24, 2.45) is 0 Å². The average molecular weight is 392 g/mol. The van der Waals surface area contributed by atoms with Gasteiger partial charge in [-0.25, -0.2) is 13.2 Å². The number of amides is 1. The van der Waals surface area contributed by atoms with Crippen molar-refractivity contribution in [2.45, 2.75) is 31.8 Å². The number of rotatable bonds is 9. The van der Waals surface area contributed by atoms with Gasteiger partial charge in [0, 0.05) is 31.1 Å². The van der Waals surface area contributed by atoms with Crippen LogP contribution in [-0.2, 0) is 11.3 Å². The summed E-state index contributed by atoms with van der Waals surface area (Å²) in [6, 6.07) is 9.86. The number of halogens is 3. The molecule has 1 aliphatic heterocycles. The van der Waals surface area contributed by atoms with Gasteiger partial charge >= 0.3 is 0 Å². The van der Waals surface area contributed by atoms with Crippen LogP contribution in [-0.4, -0.2) is 36.5 Å². The quantitative estimate of drug-likeness (QED) is 0.663. The van der Waals surface area contributed by atoms with Crippen molar-refractivity contribution in [3.05, 3.63) is 65.5 Å². The Balaban J connectivity index is 1.41. The molecule has 0 bridgehead atoms. The largest absolute Gasteiger partial charge is 0.492 e. The van der Waals surface area contributed by atoms with Crippen molar-refractivity contribution < 1.29 is 22.7 Å². The Morgan fingerprint density at radius 3 is 2.64 bits per heavy atom. The van der Waals surface area contributed by atoms with Crippen LogP contribution < -0.4 is 10.1 Å². The van der Waals surface area contributed by atoms with Gasteiger partial charge in [0.05, 0.1) is 0 Å². The van der Waals surface area contributed by atoms with Crippen LogP contribution in [0.4, 0.5) is 13.2 Å². The van der Waals surface area contributed by atoms with Crippen LogP contribution in [0.2, 0.25) is 0 Å². The molecule has 2 aromatic carbocycles. The van der Waals surface area contributed by atoms with Crippen LogP contribution in [0.15, 0.2) is 42.5 Å². The molecule has 1 heterocycles. The second kappa shape index (κ2) is 9.59. The zero-order chi connectivity index (χ0) is 19.9. The third kappa shape index (κ3) is 5.25. The van der Waals surface area contributed by atoms with E-state index in [2.05, 4.69) is 5.32 Å². The van der Waals surface area contributed by atoms with Gasteiger partial charge in [-0.05, 0) is 49.7 Å². The molecule has 4 nitrogen and oxygen atoms in total. The molecule has 0 aliphatic carbocycles. The summed E-state index contributed by atoms with van der Waals surface area (Å²) in [4.78, 5) is 13.8. The first-order valence-electron chi connectivity index (χ1n) is 9.36. The van der Waals surface area contributed by atoms with Crippen LogP contribution in [0.5, 0.6) is 5.75 Å². The molecule has 2 aromatic rings. The zero-order valence-electron chi connectivity index (χ0n) is 15.5. The van der Waals surface area contributed by atoms with Gasteiger partial charge in [0.25, 0.3) is 0 Å². The molecule has 1 saturated heterocycles. The molecule has 1 unspecified atom stereocenters. The van der Waals surface area contributed by atoms with Gasteiger partial charge in [0.2, 0.25) is 5.91 Å². The maximum Gasteiger partial charge on any atom is 0.223 e. The van der Waals surface area contributed by atoms with Gasteiger partial charge in [-0.15, -0.1) is 0 Å². The van der Waals surface area contributed by atoms with Gasteiger partial charge in [0.1, 0.15) is 18.2 Å². The molecular weight excluding hydrogens is 369 g/mol. The van der Waals surface area contributed by atoms with Crippen LogP contribution in [0.3, 0.4) is 0 Å². The van der Waals surface area contributed by atoms with E-state index in [-0.39, 0.29) is 29.9 Å². The number of benzene rings is 2. The molecule has 1 amide bonds. The molecule has 0 radical (unpaired) electrons. The summed E-state index contributed by atoms with van der Waals surface area (Å²) >= 11 is 0. The number of ether oxygens (including phenoxy) is 1. The maximum atomic E-state index is 13.9. The van der Waals surface area contributed by atoms with Crippen LogP contribution in [0.1, 0.15) is 24.8 Å². The minimum atomic E-state index is -0.900. The molecule has 150 valence electrons. The lowest BCUT2D eigenvalue weighted by molar-refractivity contribution is -0.129. The number of nitrogens with zero attached hydrogens (tertiary/aromatic N) is 1. The van der Waals surface area contributed by atoms with Gasteiger partial charge < -0.3 is 15.0 Å². The molecule has 28 heavy (non-hydrogen) atoms. The minimum Gasteiger partial charge on any atom is -0.492 e. The number of nitrogens with one attached hydrogen (secondary N) is 1. The Morgan fingerprint density at radius 1 is 1.07 bits per heavy atom. The van der Waals surface area contributed by atoms with Crippen molar-refractivity contribution in [2.75, 3.05) is 19.7 Å². The van der Waals surface area contributed by atoms with Crippen molar-refractivity contribution >= 4 is 5.91 Å². The van der Waals surface area contributed by atoms with E-state index in [4.69, 9.17) is 4.74 Å². The molecule has 1 N–H and O–H groups in total. The summed E-state index contributed by atoms with van der Waals surface area (Å²) in [6.45, 7) is 1.80. The number of carbonyl (C=O) groups is 1. The first-order chi connectivity index (χ1) is 13.5. The molecular formula is C21H23F3N2O2. The molecule has 0 aromatic heterocycles. The number of likely N-dealkylation sites (tertiary alicyclic amines) is 1. The number of carbonyl (C=O) groups excluding carboxylic acids is 1. The van der Waals surface area contributed by atoms with E-state index < -0.39 is 11.6 Å². The maximum absolute atomic E-state index is 13.9. The van der Waals surface area contributed by atoms with Crippen LogP contribution in [0, 0.1) is 17.5 Å². The molecule has 1 fully saturated rings. The predicted octanol–water partition coefficient (Wildman–Crippen LogP) is 3.65. The summed E-state index contributed by atoms with van der Waals surface area (Å²) in [5.74, 6) is -1.53. The van der Waals surface area contributed by atoms with Crippen molar-refractivity contribution in [1.82, 2.24) is 10.2 Å². The Hall–Kier alpha value is -2.54. The van der Waals surface area contributed by atoms with E-state index in [1.807, 2.05) is 0 Å². The lowest BCUT2D eigenvalue weighted by Crippen LogP contribution is -2.35. The summed E-state index contributed by atoms with van der Waals surface area (Å²) < 4.78 is 45.6. The summed E-state index contributed by atoms with van der Waals surface area (Å²) in [5, 5.41) is 3.24. The van der Waals surface area contributed by atoms with E-state index in [1.165, 1.54) is 24.3 Å². The lowest BCUT2D eigenvalue weighted by Gasteiger charge is -2.25. The van der Waals surface area contributed by atoms with Crippen molar-refractivity contribution in [3.63, 3.8) is 0 Å². The molecule has 0 spiro atoms. The Morgan fingerprint density at radius 2 is 1.86 bits per heavy atom. The molecule has 1 aliphatic rings. The minimum absolute atomic E-state index is 0.000634. The van der Waals surface area contributed by atoms with Gasteiger partial charge in [0.15, 0.2) is 11.6 Å². The Labute approximate surface area is 162 Å². The summed E-state index contributed by atoms with van der Waals surface area (Å²) in [7, 11) is 0. The Kier molecular flexibility index (Phi) is 6.92. The highest BCUT2D eigenvalue weighted by Crippen LogP contribution is 2.25. The van der Waals surface area contributed by atoms with Crippen LogP contribution >= 0.6 is 0 Å². The molecule has 3 rings (SSSR count). The van der Waals surface area contributed by atoms with Crippen molar-refractivity contribution in [3.8, 4) is 5.75 Å². The second-order valence-corrected chi connectivity index (χ2v) is 6.77. The predicted molar refractivity (Wildman–Crippen MR) is 99.3 cm³/mol. The van der Waals surface area contributed by atoms with Gasteiger partial charge in [-0.3, -0.25) is 4.79 Å². The topological polar surface area (TPSA) is 41.6 Å². The first-order valence-corrected chi connectivity index (χ1v) is 9.36. The highest BCUT2D eigenvalue weighted by Gasteiger charge is 2.31. The van der Waals surface area contributed by atoms with E-state index in [9.17, 15) is 18.0 Å². The fraction of sp³-hybridized carbons (Fsp3) is 0.381. The van der Waals surface area contributed by atoms with Crippen molar-refractivity contribution in [1.29, 1.82) is 0 Å². The van der Waals surface area contributed by atoms with E-state index >= 15 is 0 Å². The lowest BCUT2D eigenvalue weighted by atomic mass is 10.1. The SMILES string of the molecule is O=C1CCC(CCNCCOc2ccc(F)cc2)N1Cc1cccc(F)c1F. The van der Waals surface area contributed by atoms with E-state index in [0.717, 1.165) is 12.5 Å². The normalized spacial score (nSPS) is 16.6. The highest BCUT2D eigenvalue weighted by molar-refractivity contribution is 5.78. The highest BCUT2D eigenvalue weighted by atomic mass is 19.2. The van der Waals surface area contributed by atoms with Gasteiger partial charge in [-0.1, -0.05) is 12.1 Å². The second-order valence-electron chi connectivity index (χ2n) is 6.77. The standard InChI is InChI=1S/C21H23F3N2O2/c22-16-4-7-18(8-5-16)28-13-12-25-11-10-17-6-9-20(27)26(17)14-15-2-1-3-19(23)21(15)24/h1-5,7-8,17,25H,6,9-14H2. The third-order valence-electron chi connectivity index (χ3n) is 4.84. The molecule has 1 atom stereocenters. The summed E-state index contributed by atoms with van der Waals surface area (Å²) in [5.41, 5.74) is 0.195. The molecule has 0 saturated carbocycles. The fourth-order valence-electron chi connectivity index (χ4n) is 3.33. The third-order valence-corrected chi connectivity index (χ3v) is 4.84. The monoisotopic (exact) mass is 392 g/mol. The van der Waals surface area contributed by atoms with Crippen LogP contribution in [0.25, 0.3) is 0 Å². The Bertz CT molecular complexity index is 799. The summed E-state index contributed by atoms with van der Waals surface area (Å²) in [6.07, 6.45) is 1.86. The fourth-order valence-corrected chi connectivity index (χ4v) is 3.33. The smallest absolute Gasteiger partial charge is 0.223 e. The van der Waals surface area contributed by atoms with Gasteiger partial charge in [-0.2, -0.15) is 0 Å². The molecule has 7 heteroatoms. The average Bonchev–Trinajstić information content (AvgIpc) is 3.03. The number of hydrogen-bond donors (Lipinski definition) is 1. The zero-order valence-corrected chi connectivity index (χ0v) is 15.5. The number of hydrogen-bond acceptors (Lipinski definition) is 3. The van der Waals surface area contributed by atoms with E-state index in [0.29, 0.717) is 38.3 Å². The van der Waals surface area contributed by atoms with E-state index in [1.54, 1.807) is 17.0 Å². The first kappa shape index (κ1) is 20.2.